The first-order valence-corrected chi connectivity index (χ1v) is 11.8. The Balaban J connectivity index is 1.50. The number of nitrogen functional groups attached to an aromatic ring is 1. The van der Waals surface area contributed by atoms with E-state index >= 15 is 0 Å². The van der Waals surface area contributed by atoms with E-state index in [1.807, 2.05) is 66.7 Å². The van der Waals surface area contributed by atoms with Gasteiger partial charge in [-0.2, -0.15) is 4.98 Å². The van der Waals surface area contributed by atoms with Gasteiger partial charge in [-0.25, -0.2) is 4.99 Å². The third kappa shape index (κ3) is 4.53. The SMILES string of the molecule is NCCC(=O)Nc1ccc(N=c2cc(-c3ccc4nc(N)oc4c3)oc3cc4ccccc4cc23)cc1. The van der Waals surface area contributed by atoms with Gasteiger partial charge < -0.3 is 25.6 Å². The Bertz CT molecular complexity index is 1850. The standard InChI is InChI=1S/C29H23N5O3/c30-12-11-28(35)33-21-8-6-20(7-9-21)32-24-16-25(19-5-10-23-27(15-19)37-29(31)34-23)36-26-14-18-4-2-1-3-17(18)13-22(24)26/h1-10,13-16H,11-12,30H2,(H2,31,34)(H,33,35). The van der Waals surface area contributed by atoms with Crippen LogP contribution < -0.4 is 22.1 Å². The molecule has 0 atom stereocenters. The molecule has 8 nitrogen and oxygen atoms in total. The topological polar surface area (TPSA) is 133 Å². The molecule has 6 rings (SSSR count). The molecule has 0 bridgehead atoms. The van der Waals surface area contributed by atoms with Gasteiger partial charge in [-0.15, -0.1) is 0 Å². The quantitative estimate of drug-likeness (QED) is 0.274. The minimum Gasteiger partial charge on any atom is -0.456 e. The monoisotopic (exact) mass is 489 g/mol. The van der Waals surface area contributed by atoms with Crippen molar-refractivity contribution in [1.82, 2.24) is 4.98 Å². The molecule has 0 radical (unpaired) electrons. The van der Waals surface area contributed by atoms with E-state index in [9.17, 15) is 4.79 Å². The fourth-order valence-electron chi connectivity index (χ4n) is 4.30. The molecule has 2 aromatic heterocycles. The summed E-state index contributed by atoms with van der Waals surface area (Å²) in [6, 6.07) is 27.2. The second-order valence-electron chi connectivity index (χ2n) is 8.67. The van der Waals surface area contributed by atoms with Crippen molar-refractivity contribution in [2.75, 3.05) is 17.6 Å². The average Bonchev–Trinajstić information content (AvgIpc) is 3.28. The molecule has 37 heavy (non-hydrogen) atoms. The van der Waals surface area contributed by atoms with Gasteiger partial charge in [0.1, 0.15) is 16.9 Å². The molecule has 6 aromatic rings. The lowest BCUT2D eigenvalue weighted by atomic mass is 10.1. The molecule has 0 aliphatic rings. The van der Waals surface area contributed by atoms with E-state index in [4.69, 9.17) is 25.3 Å². The summed E-state index contributed by atoms with van der Waals surface area (Å²) in [5, 5.41) is 6.62. The van der Waals surface area contributed by atoms with Crippen molar-refractivity contribution in [3.05, 3.63) is 90.3 Å². The van der Waals surface area contributed by atoms with Crippen LogP contribution in [0.5, 0.6) is 0 Å². The average molecular weight is 490 g/mol. The molecule has 0 fully saturated rings. The summed E-state index contributed by atoms with van der Waals surface area (Å²) < 4.78 is 11.9. The smallest absolute Gasteiger partial charge is 0.292 e. The molecule has 182 valence electrons. The summed E-state index contributed by atoms with van der Waals surface area (Å²) in [6.07, 6.45) is 0.273. The number of aromatic nitrogens is 1. The number of amides is 1. The zero-order chi connectivity index (χ0) is 25.4. The summed E-state index contributed by atoms with van der Waals surface area (Å²) in [7, 11) is 0. The van der Waals surface area contributed by atoms with Crippen LogP contribution in [0.4, 0.5) is 17.4 Å². The van der Waals surface area contributed by atoms with Crippen LogP contribution in [0, 0.1) is 0 Å². The lowest BCUT2D eigenvalue weighted by molar-refractivity contribution is -0.116. The van der Waals surface area contributed by atoms with Gasteiger partial charge in [-0.1, -0.05) is 24.3 Å². The van der Waals surface area contributed by atoms with E-state index in [2.05, 4.69) is 28.5 Å². The second kappa shape index (κ2) is 9.25. The van der Waals surface area contributed by atoms with Gasteiger partial charge in [0.15, 0.2) is 5.58 Å². The predicted molar refractivity (Wildman–Crippen MR) is 145 cm³/mol. The number of nitrogens with two attached hydrogens (primary N) is 2. The van der Waals surface area contributed by atoms with E-state index in [0.717, 1.165) is 32.8 Å². The van der Waals surface area contributed by atoms with Gasteiger partial charge in [0.25, 0.3) is 6.01 Å². The highest BCUT2D eigenvalue weighted by molar-refractivity contribution is 5.96. The number of nitrogens with one attached hydrogen (secondary N) is 1. The number of hydrogen-bond donors (Lipinski definition) is 3. The number of oxazole rings is 1. The summed E-state index contributed by atoms with van der Waals surface area (Å²) >= 11 is 0. The molecule has 8 heteroatoms. The van der Waals surface area contributed by atoms with E-state index in [1.165, 1.54) is 0 Å². The van der Waals surface area contributed by atoms with E-state index in [1.54, 1.807) is 0 Å². The summed E-state index contributed by atoms with van der Waals surface area (Å²) in [4.78, 5) is 21.0. The van der Waals surface area contributed by atoms with Crippen LogP contribution in [0.25, 0.3) is 44.2 Å². The molecule has 2 heterocycles. The van der Waals surface area contributed by atoms with Gasteiger partial charge in [-0.05, 0) is 65.4 Å². The Labute approximate surface area is 211 Å². The molecule has 1 amide bonds. The molecular weight excluding hydrogens is 466 g/mol. The van der Waals surface area contributed by atoms with Crippen LogP contribution in [-0.4, -0.2) is 17.4 Å². The number of carbonyl (C=O) groups excluding carboxylic acids is 1. The number of hydrogen-bond acceptors (Lipinski definition) is 7. The lowest BCUT2D eigenvalue weighted by Crippen LogP contribution is -2.15. The fraction of sp³-hybridized carbons (Fsp3) is 0.0690. The summed E-state index contributed by atoms with van der Waals surface area (Å²) in [5.74, 6) is 0.508. The third-order valence-corrected chi connectivity index (χ3v) is 6.07. The first kappa shape index (κ1) is 22.5. The normalized spacial score (nSPS) is 12.0. The van der Waals surface area contributed by atoms with Crippen LogP contribution in [0.3, 0.4) is 0 Å². The number of benzene rings is 4. The number of anilines is 2. The summed E-state index contributed by atoms with van der Waals surface area (Å²) in [5.41, 5.74) is 15.4. The molecule has 0 saturated heterocycles. The first-order chi connectivity index (χ1) is 18.1. The van der Waals surface area contributed by atoms with E-state index in [0.29, 0.717) is 34.7 Å². The Kier molecular flexibility index (Phi) is 5.63. The molecule has 0 aliphatic heterocycles. The maximum absolute atomic E-state index is 11.9. The number of fused-ring (bicyclic) bond motifs is 3. The Morgan fingerprint density at radius 1 is 0.892 bits per heavy atom. The first-order valence-electron chi connectivity index (χ1n) is 11.8. The highest BCUT2D eigenvalue weighted by atomic mass is 16.4. The van der Waals surface area contributed by atoms with Gasteiger partial charge in [-0.3, -0.25) is 4.79 Å². The van der Waals surface area contributed by atoms with Crippen LogP contribution in [0.1, 0.15) is 6.42 Å². The summed E-state index contributed by atoms with van der Waals surface area (Å²) in [6.45, 7) is 0.305. The number of nitrogens with zero attached hydrogens (tertiary/aromatic N) is 2. The van der Waals surface area contributed by atoms with Gasteiger partial charge in [0.2, 0.25) is 5.91 Å². The molecule has 0 spiro atoms. The Hall–Kier alpha value is -4.95. The predicted octanol–water partition coefficient (Wildman–Crippen LogP) is 5.50. The van der Waals surface area contributed by atoms with Crippen molar-refractivity contribution in [1.29, 1.82) is 0 Å². The lowest BCUT2D eigenvalue weighted by Gasteiger charge is -2.08. The zero-order valence-electron chi connectivity index (χ0n) is 19.8. The highest BCUT2D eigenvalue weighted by Crippen LogP contribution is 2.29. The molecular formula is C29H23N5O3. The van der Waals surface area contributed by atoms with Gasteiger partial charge in [0, 0.05) is 35.7 Å². The molecule has 0 saturated carbocycles. The van der Waals surface area contributed by atoms with Crippen LogP contribution in [-0.2, 0) is 4.79 Å². The molecule has 0 aliphatic carbocycles. The van der Waals surface area contributed by atoms with Crippen molar-refractivity contribution < 1.29 is 13.6 Å². The van der Waals surface area contributed by atoms with Crippen molar-refractivity contribution in [3.8, 4) is 11.3 Å². The molecule has 5 N–H and O–H groups in total. The minimum atomic E-state index is -0.121. The van der Waals surface area contributed by atoms with E-state index in [-0.39, 0.29) is 18.3 Å². The van der Waals surface area contributed by atoms with Crippen LogP contribution in [0.15, 0.2) is 98.8 Å². The van der Waals surface area contributed by atoms with Gasteiger partial charge >= 0.3 is 0 Å². The third-order valence-electron chi connectivity index (χ3n) is 6.07. The Morgan fingerprint density at radius 2 is 1.68 bits per heavy atom. The number of carbonyl (C=O) groups is 1. The zero-order valence-corrected chi connectivity index (χ0v) is 19.8. The maximum Gasteiger partial charge on any atom is 0.292 e. The van der Waals surface area contributed by atoms with E-state index < -0.39 is 0 Å². The largest absolute Gasteiger partial charge is 0.456 e. The second-order valence-corrected chi connectivity index (χ2v) is 8.67. The van der Waals surface area contributed by atoms with Crippen molar-refractivity contribution in [2.24, 2.45) is 10.7 Å². The fourth-order valence-corrected chi connectivity index (χ4v) is 4.30. The molecule has 4 aromatic carbocycles. The highest BCUT2D eigenvalue weighted by Gasteiger charge is 2.11. The Morgan fingerprint density at radius 3 is 2.46 bits per heavy atom. The van der Waals surface area contributed by atoms with Crippen LogP contribution in [0.2, 0.25) is 0 Å². The minimum absolute atomic E-state index is 0.118. The molecule has 0 unspecified atom stereocenters. The van der Waals surface area contributed by atoms with Gasteiger partial charge in [0.05, 0.1) is 11.0 Å². The van der Waals surface area contributed by atoms with Crippen LogP contribution >= 0.6 is 0 Å². The number of rotatable bonds is 5. The van der Waals surface area contributed by atoms with Crippen molar-refractivity contribution in [3.63, 3.8) is 0 Å². The maximum atomic E-state index is 11.9. The van der Waals surface area contributed by atoms with Crippen molar-refractivity contribution in [2.45, 2.75) is 6.42 Å². The van der Waals surface area contributed by atoms with Crippen molar-refractivity contribution >= 4 is 56.1 Å².